The maximum atomic E-state index is 13.0. The number of hydrogen-bond donors (Lipinski definition) is 2. The van der Waals surface area contributed by atoms with Crippen LogP contribution < -0.4 is 20.1 Å². The first-order chi connectivity index (χ1) is 15.2. The molecule has 1 atom stereocenters. The fourth-order valence-electron chi connectivity index (χ4n) is 4.04. The number of methoxy groups -OCH3 is 1. The number of carbonyl (C=O) groups is 2. The van der Waals surface area contributed by atoms with Crippen molar-refractivity contribution in [1.29, 1.82) is 0 Å². The molecule has 1 aromatic carbocycles. The highest BCUT2D eigenvalue weighted by molar-refractivity contribution is 7.17. The lowest BCUT2D eigenvalue weighted by Crippen LogP contribution is -2.33. The van der Waals surface area contributed by atoms with Crippen LogP contribution in [-0.4, -0.2) is 44.8 Å². The number of aryl methyl sites for hydroxylation is 1. The third kappa shape index (κ3) is 5.19. The van der Waals surface area contributed by atoms with Gasteiger partial charge in [0.15, 0.2) is 18.1 Å². The first-order valence-electron chi connectivity index (χ1n) is 10.8. The minimum absolute atomic E-state index is 0.0747. The van der Waals surface area contributed by atoms with Gasteiger partial charge in [-0.15, -0.1) is 11.3 Å². The molecule has 8 heteroatoms. The molecule has 2 heterocycles. The Kier molecular flexibility index (Phi) is 7.09. The third-order valence-electron chi connectivity index (χ3n) is 5.59. The quantitative estimate of drug-likeness (QED) is 0.650. The predicted molar refractivity (Wildman–Crippen MR) is 119 cm³/mol. The van der Waals surface area contributed by atoms with E-state index in [1.807, 2.05) is 12.1 Å². The fraction of sp³-hybridized carbons (Fsp3) is 0.478. The number of carbonyl (C=O) groups excluding carboxylic acids is 2. The molecule has 0 bridgehead atoms. The number of benzene rings is 1. The van der Waals surface area contributed by atoms with Crippen LogP contribution in [0.5, 0.6) is 11.5 Å². The molecular formula is C23H28N2O5S. The lowest BCUT2D eigenvalue weighted by Gasteiger charge is -2.15. The fourth-order valence-corrected chi connectivity index (χ4v) is 5.34. The van der Waals surface area contributed by atoms with Crippen LogP contribution in [0.2, 0.25) is 0 Å². The van der Waals surface area contributed by atoms with E-state index in [1.165, 1.54) is 16.2 Å². The summed E-state index contributed by atoms with van der Waals surface area (Å²) in [6.07, 6.45) is 6.04. The number of ether oxygens (including phenoxy) is 3. The van der Waals surface area contributed by atoms with Crippen molar-refractivity contribution in [3.63, 3.8) is 0 Å². The van der Waals surface area contributed by atoms with Gasteiger partial charge in [-0.3, -0.25) is 9.59 Å². The topological polar surface area (TPSA) is 85.9 Å². The summed E-state index contributed by atoms with van der Waals surface area (Å²) in [6.45, 7) is 1.08. The lowest BCUT2D eigenvalue weighted by atomic mass is 9.95. The first kappa shape index (κ1) is 21.6. The van der Waals surface area contributed by atoms with E-state index < -0.39 is 0 Å². The van der Waals surface area contributed by atoms with Crippen LogP contribution >= 0.6 is 11.3 Å². The molecule has 2 amide bonds. The average Bonchev–Trinajstić information content (AvgIpc) is 3.43. The van der Waals surface area contributed by atoms with E-state index in [2.05, 4.69) is 10.6 Å². The number of fused-ring (bicyclic) bond motifs is 1. The normalized spacial score (nSPS) is 17.6. The lowest BCUT2D eigenvalue weighted by molar-refractivity contribution is -0.118. The van der Waals surface area contributed by atoms with Crippen molar-refractivity contribution in [2.75, 3.05) is 32.2 Å². The Morgan fingerprint density at radius 1 is 1.16 bits per heavy atom. The summed E-state index contributed by atoms with van der Waals surface area (Å²) < 4.78 is 16.5. The number of para-hydroxylation sites is 2. The molecule has 0 saturated carbocycles. The van der Waals surface area contributed by atoms with Gasteiger partial charge in [-0.1, -0.05) is 12.1 Å². The van der Waals surface area contributed by atoms with Gasteiger partial charge in [0.1, 0.15) is 5.00 Å². The molecule has 1 saturated heterocycles. The Bertz CT molecular complexity index is 936. The number of hydrogen-bond acceptors (Lipinski definition) is 6. The van der Waals surface area contributed by atoms with Gasteiger partial charge >= 0.3 is 0 Å². The first-order valence-corrected chi connectivity index (χ1v) is 11.6. The maximum absolute atomic E-state index is 13.0. The van der Waals surface area contributed by atoms with Crippen LogP contribution in [0.25, 0.3) is 0 Å². The SMILES string of the molecule is COc1ccccc1OCC(=O)Nc1sc2c(c1C(=O)NCC1CCCO1)CCCC2. The summed E-state index contributed by atoms with van der Waals surface area (Å²) in [5.41, 5.74) is 1.67. The zero-order valence-electron chi connectivity index (χ0n) is 17.7. The van der Waals surface area contributed by atoms with Crippen LogP contribution in [0, 0.1) is 0 Å². The molecular weight excluding hydrogens is 416 g/mol. The van der Waals surface area contributed by atoms with E-state index in [9.17, 15) is 9.59 Å². The molecule has 1 fully saturated rings. The van der Waals surface area contributed by atoms with Crippen molar-refractivity contribution < 1.29 is 23.8 Å². The van der Waals surface area contributed by atoms with E-state index in [0.717, 1.165) is 50.7 Å². The number of rotatable bonds is 8. The molecule has 7 nitrogen and oxygen atoms in total. The number of thiophene rings is 1. The summed E-state index contributed by atoms with van der Waals surface area (Å²) in [6, 6.07) is 7.18. The molecule has 31 heavy (non-hydrogen) atoms. The summed E-state index contributed by atoms with van der Waals surface area (Å²) in [4.78, 5) is 26.8. The van der Waals surface area contributed by atoms with Crippen LogP contribution in [-0.2, 0) is 22.4 Å². The molecule has 1 aliphatic carbocycles. The second-order valence-electron chi connectivity index (χ2n) is 7.75. The van der Waals surface area contributed by atoms with Crippen LogP contribution in [0.4, 0.5) is 5.00 Å². The third-order valence-corrected chi connectivity index (χ3v) is 6.80. The van der Waals surface area contributed by atoms with E-state index in [-0.39, 0.29) is 24.5 Å². The zero-order chi connectivity index (χ0) is 21.6. The smallest absolute Gasteiger partial charge is 0.262 e. The van der Waals surface area contributed by atoms with E-state index in [4.69, 9.17) is 14.2 Å². The number of anilines is 1. The molecule has 0 spiro atoms. The van der Waals surface area contributed by atoms with Crippen LogP contribution in [0.15, 0.2) is 24.3 Å². The summed E-state index contributed by atoms with van der Waals surface area (Å²) in [7, 11) is 1.56. The van der Waals surface area contributed by atoms with Crippen molar-refractivity contribution in [3.05, 3.63) is 40.3 Å². The van der Waals surface area contributed by atoms with E-state index in [1.54, 1.807) is 19.2 Å². The summed E-state index contributed by atoms with van der Waals surface area (Å²) in [5.74, 6) is 0.616. The minimum atomic E-state index is -0.308. The minimum Gasteiger partial charge on any atom is -0.493 e. The van der Waals surface area contributed by atoms with Crippen molar-refractivity contribution in [3.8, 4) is 11.5 Å². The average molecular weight is 445 g/mol. The second-order valence-corrected chi connectivity index (χ2v) is 8.85. The largest absolute Gasteiger partial charge is 0.493 e. The Morgan fingerprint density at radius 3 is 2.74 bits per heavy atom. The molecule has 4 rings (SSSR count). The van der Waals surface area contributed by atoms with Crippen LogP contribution in [0.1, 0.15) is 46.5 Å². The summed E-state index contributed by atoms with van der Waals surface area (Å²) in [5, 5.41) is 6.52. The van der Waals surface area contributed by atoms with Gasteiger partial charge < -0.3 is 24.8 Å². The molecule has 0 radical (unpaired) electrons. The Balaban J connectivity index is 1.44. The highest BCUT2D eigenvalue weighted by Crippen LogP contribution is 2.38. The Hall–Kier alpha value is -2.58. The van der Waals surface area contributed by atoms with E-state index in [0.29, 0.717) is 28.6 Å². The molecule has 166 valence electrons. The number of nitrogens with one attached hydrogen (secondary N) is 2. The Morgan fingerprint density at radius 2 is 1.97 bits per heavy atom. The monoisotopic (exact) mass is 444 g/mol. The number of amides is 2. The molecule has 2 aromatic rings. The van der Waals surface area contributed by atoms with Crippen LogP contribution in [0.3, 0.4) is 0 Å². The molecule has 2 aliphatic rings. The predicted octanol–water partition coefficient (Wildman–Crippen LogP) is 3.56. The maximum Gasteiger partial charge on any atom is 0.262 e. The standard InChI is InChI=1S/C23H28N2O5S/c1-28-17-9-3-4-10-18(17)30-14-20(26)25-23-21(16-8-2-5-11-19(16)31-23)22(27)24-13-15-7-6-12-29-15/h3-4,9-10,15H,2,5-8,11-14H2,1H3,(H,24,27)(H,25,26). The van der Waals surface area contributed by atoms with Crippen molar-refractivity contribution in [2.24, 2.45) is 0 Å². The van der Waals surface area contributed by atoms with Gasteiger partial charge in [0, 0.05) is 18.0 Å². The molecule has 1 unspecified atom stereocenters. The van der Waals surface area contributed by atoms with Crippen molar-refractivity contribution >= 4 is 28.2 Å². The van der Waals surface area contributed by atoms with E-state index >= 15 is 0 Å². The van der Waals surface area contributed by atoms with Gasteiger partial charge in [-0.2, -0.15) is 0 Å². The van der Waals surface area contributed by atoms with Crippen molar-refractivity contribution in [2.45, 2.75) is 44.6 Å². The zero-order valence-corrected chi connectivity index (χ0v) is 18.5. The van der Waals surface area contributed by atoms with Gasteiger partial charge in [0.2, 0.25) is 0 Å². The second kappa shape index (κ2) is 10.2. The Labute approximate surface area is 186 Å². The van der Waals surface area contributed by atoms with Gasteiger partial charge in [-0.05, 0) is 56.2 Å². The highest BCUT2D eigenvalue weighted by Gasteiger charge is 2.27. The molecule has 1 aromatic heterocycles. The van der Waals surface area contributed by atoms with Gasteiger partial charge in [0.25, 0.3) is 11.8 Å². The van der Waals surface area contributed by atoms with Gasteiger partial charge in [-0.25, -0.2) is 0 Å². The molecule has 1 aliphatic heterocycles. The summed E-state index contributed by atoms with van der Waals surface area (Å²) >= 11 is 1.50. The molecule has 2 N–H and O–H groups in total. The van der Waals surface area contributed by atoms with Gasteiger partial charge in [0.05, 0.1) is 18.8 Å². The highest BCUT2D eigenvalue weighted by atomic mass is 32.1. The van der Waals surface area contributed by atoms with Crippen molar-refractivity contribution in [1.82, 2.24) is 5.32 Å².